The van der Waals surface area contributed by atoms with Crippen LogP contribution in [-0.2, 0) is 9.53 Å². The summed E-state index contributed by atoms with van der Waals surface area (Å²) in [5.41, 5.74) is 3.24. The van der Waals surface area contributed by atoms with Crippen molar-refractivity contribution in [2.45, 2.75) is 13.8 Å². The fourth-order valence-corrected chi connectivity index (χ4v) is 3.88. The molecule has 0 saturated heterocycles. The molecule has 0 saturated carbocycles. The lowest BCUT2D eigenvalue weighted by Gasteiger charge is -2.14. The second kappa shape index (κ2) is 10.5. The number of esters is 1. The molecule has 0 aliphatic carbocycles. The second-order valence-electron chi connectivity index (χ2n) is 7.54. The van der Waals surface area contributed by atoms with E-state index in [1.807, 2.05) is 44.2 Å². The summed E-state index contributed by atoms with van der Waals surface area (Å²) < 4.78 is 17.5. The lowest BCUT2D eigenvalue weighted by molar-refractivity contribution is -0.129. The number of hydrogen-bond acceptors (Lipinski definition) is 6. The molecule has 1 aliphatic heterocycles. The number of carbonyl (C=O) groups excluding carboxylic acids is 2. The summed E-state index contributed by atoms with van der Waals surface area (Å²) in [5.74, 6) is 0.441. The van der Waals surface area contributed by atoms with Gasteiger partial charge in [0.25, 0.3) is 0 Å². The number of cyclic esters (lactones) is 1. The van der Waals surface area contributed by atoms with Crippen molar-refractivity contribution < 1.29 is 23.8 Å². The molecule has 7 heteroatoms. The number of hydrogen-bond donors (Lipinski definition) is 0. The summed E-state index contributed by atoms with van der Waals surface area (Å²) >= 11 is 3.50. The number of ether oxygens (including phenoxy) is 3. The fraction of sp³-hybridized carbons (Fsp3) is 0.148. The van der Waals surface area contributed by atoms with Gasteiger partial charge in [0.15, 0.2) is 29.6 Å². The Morgan fingerprint density at radius 2 is 1.79 bits per heavy atom. The maximum absolute atomic E-state index is 12.4. The van der Waals surface area contributed by atoms with Crippen LogP contribution in [0.3, 0.4) is 0 Å². The highest BCUT2D eigenvalue weighted by Crippen LogP contribution is 2.38. The monoisotopic (exact) mass is 519 g/mol. The minimum absolute atomic E-state index is 0.139. The van der Waals surface area contributed by atoms with E-state index < -0.39 is 5.97 Å². The van der Waals surface area contributed by atoms with Crippen molar-refractivity contribution in [3.63, 3.8) is 0 Å². The van der Waals surface area contributed by atoms with E-state index in [1.165, 1.54) is 0 Å². The molecule has 34 heavy (non-hydrogen) atoms. The molecule has 172 valence electrons. The molecule has 3 aromatic rings. The lowest BCUT2D eigenvalue weighted by Crippen LogP contribution is -2.12. The molecule has 0 atom stereocenters. The van der Waals surface area contributed by atoms with Gasteiger partial charge in [-0.1, -0.05) is 48.0 Å². The van der Waals surface area contributed by atoms with Crippen LogP contribution in [0.4, 0.5) is 0 Å². The summed E-state index contributed by atoms with van der Waals surface area (Å²) in [6, 6.07) is 20.0. The molecule has 6 nitrogen and oxygen atoms in total. The maximum atomic E-state index is 12.4. The van der Waals surface area contributed by atoms with E-state index in [4.69, 9.17) is 14.2 Å². The van der Waals surface area contributed by atoms with Gasteiger partial charge in [0.1, 0.15) is 0 Å². The SMILES string of the molecule is CCOc1cc(/C=C2\N=C(c3ccc(C)cc3)OC2=O)cc(Br)c1OCC(=O)c1ccccc1. The lowest BCUT2D eigenvalue weighted by atomic mass is 10.1. The molecule has 0 amide bonds. The van der Waals surface area contributed by atoms with Crippen LogP contribution in [0.2, 0.25) is 0 Å². The third kappa shape index (κ3) is 5.43. The molecule has 4 rings (SSSR count). The highest BCUT2D eigenvalue weighted by molar-refractivity contribution is 9.10. The van der Waals surface area contributed by atoms with Gasteiger partial charge in [-0.2, -0.15) is 0 Å². The molecule has 0 aromatic heterocycles. The zero-order valence-electron chi connectivity index (χ0n) is 18.7. The third-order valence-corrected chi connectivity index (χ3v) is 5.59. The summed E-state index contributed by atoms with van der Waals surface area (Å²) in [4.78, 5) is 29.2. The Hall–Kier alpha value is -3.71. The zero-order chi connectivity index (χ0) is 24.1. The normalized spacial score (nSPS) is 14.0. The highest BCUT2D eigenvalue weighted by Gasteiger charge is 2.24. The predicted molar refractivity (Wildman–Crippen MR) is 133 cm³/mol. The number of Topliss-reactive ketones (excluding diaryl/α,β-unsaturated/α-hetero) is 1. The molecule has 0 bridgehead atoms. The van der Waals surface area contributed by atoms with Gasteiger partial charge in [-0.25, -0.2) is 9.79 Å². The summed E-state index contributed by atoms with van der Waals surface area (Å²) in [5, 5.41) is 0. The number of aryl methyl sites for hydroxylation is 1. The standard InChI is InChI=1S/C27H22BrNO5/c1-3-32-24-15-18(13-21(28)25(24)33-16-23(30)19-7-5-4-6-8-19)14-22-27(31)34-26(29-22)20-11-9-17(2)10-12-20/h4-15H,3,16H2,1-2H3/b22-14-. The quantitative estimate of drug-likeness (QED) is 0.215. The van der Waals surface area contributed by atoms with Gasteiger partial charge >= 0.3 is 5.97 Å². The van der Waals surface area contributed by atoms with Gasteiger partial charge in [0.2, 0.25) is 5.90 Å². The number of nitrogens with zero attached hydrogens (tertiary/aromatic N) is 1. The van der Waals surface area contributed by atoms with E-state index in [0.29, 0.717) is 33.7 Å². The molecule has 0 unspecified atom stereocenters. The van der Waals surface area contributed by atoms with Crippen molar-refractivity contribution in [2.75, 3.05) is 13.2 Å². The Kier molecular flexibility index (Phi) is 7.23. The minimum Gasteiger partial charge on any atom is -0.490 e. The summed E-state index contributed by atoms with van der Waals surface area (Å²) in [6.07, 6.45) is 1.62. The number of rotatable bonds is 8. The largest absolute Gasteiger partial charge is 0.490 e. The minimum atomic E-state index is -0.529. The first-order chi connectivity index (χ1) is 16.4. The molecular formula is C27H22BrNO5. The van der Waals surface area contributed by atoms with Crippen LogP contribution in [0, 0.1) is 6.92 Å². The van der Waals surface area contributed by atoms with Crippen LogP contribution < -0.4 is 9.47 Å². The van der Waals surface area contributed by atoms with Crippen LogP contribution in [0.5, 0.6) is 11.5 Å². The summed E-state index contributed by atoms with van der Waals surface area (Å²) in [7, 11) is 0. The van der Waals surface area contributed by atoms with Crippen molar-refractivity contribution >= 4 is 39.7 Å². The Morgan fingerprint density at radius 3 is 2.50 bits per heavy atom. The first-order valence-corrected chi connectivity index (χ1v) is 11.5. The van der Waals surface area contributed by atoms with Gasteiger partial charge in [0.05, 0.1) is 11.1 Å². The second-order valence-corrected chi connectivity index (χ2v) is 8.40. The molecular weight excluding hydrogens is 498 g/mol. The van der Waals surface area contributed by atoms with Crippen LogP contribution in [-0.4, -0.2) is 30.9 Å². The topological polar surface area (TPSA) is 74.2 Å². The predicted octanol–water partition coefficient (Wildman–Crippen LogP) is 5.76. The first-order valence-electron chi connectivity index (χ1n) is 10.7. The zero-order valence-corrected chi connectivity index (χ0v) is 20.3. The number of carbonyl (C=O) groups is 2. The Balaban J connectivity index is 1.58. The number of aliphatic imine (C=N–C) groups is 1. The molecule has 0 radical (unpaired) electrons. The van der Waals surface area contributed by atoms with Crippen molar-refractivity contribution in [3.05, 3.63) is 99.2 Å². The van der Waals surface area contributed by atoms with Gasteiger partial charge < -0.3 is 14.2 Å². The van der Waals surface area contributed by atoms with Crippen LogP contribution in [0.25, 0.3) is 6.08 Å². The number of ketones is 1. The molecule has 0 spiro atoms. The number of halogens is 1. The van der Waals surface area contributed by atoms with E-state index in [9.17, 15) is 9.59 Å². The van der Waals surface area contributed by atoms with Crippen molar-refractivity contribution in [3.8, 4) is 11.5 Å². The average molecular weight is 520 g/mol. The van der Waals surface area contributed by atoms with E-state index in [1.54, 1.807) is 42.5 Å². The molecule has 3 aromatic carbocycles. The smallest absolute Gasteiger partial charge is 0.363 e. The van der Waals surface area contributed by atoms with E-state index in [-0.39, 0.29) is 24.0 Å². The van der Waals surface area contributed by atoms with Crippen LogP contribution in [0.1, 0.15) is 34.0 Å². The first kappa shape index (κ1) is 23.4. The molecule has 0 N–H and O–H groups in total. The van der Waals surface area contributed by atoms with Gasteiger partial charge in [-0.05, 0) is 65.7 Å². The maximum Gasteiger partial charge on any atom is 0.363 e. The van der Waals surface area contributed by atoms with E-state index in [2.05, 4.69) is 20.9 Å². The highest BCUT2D eigenvalue weighted by atomic mass is 79.9. The summed E-state index contributed by atoms with van der Waals surface area (Å²) in [6.45, 7) is 4.09. The third-order valence-electron chi connectivity index (χ3n) is 5.00. The molecule has 1 aliphatic rings. The van der Waals surface area contributed by atoms with Crippen molar-refractivity contribution in [2.24, 2.45) is 4.99 Å². The van der Waals surface area contributed by atoms with Crippen LogP contribution >= 0.6 is 15.9 Å². The van der Waals surface area contributed by atoms with E-state index in [0.717, 1.165) is 11.1 Å². The number of benzene rings is 3. The Bertz CT molecular complexity index is 1280. The van der Waals surface area contributed by atoms with Gasteiger partial charge in [-0.3, -0.25) is 4.79 Å². The molecule has 1 heterocycles. The van der Waals surface area contributed by atoms with Gasteiger partial charge in [0, 0.05) is 11.1 Å². The Labute approximate surface area is 206 Å². The van der Waals surface area contributed by atoms with E-state index >= 15 is 0 Å². The Morgan fingerprint density at radius 1 is 1.06 bits per heavy atom. The molecule has 0 fully saturated rings. The van der Waals surface area contributed by atoms with Gasteiger partial charge in [-0.15, -0.1) is 0 Å². The average Bonchev–Trinajstić information content (AvgIpc) is 3.19. The van der Waals surface area contributed by atoms with Crippen molar-refractivity contribution in [1.29, 1.82) is 0 Å². The fourth-order valence-electron chi connectivity index (χ4n) is 3.31. The van der Waals surface area contributed by atoms with Crippen LogP contribution in [0.15, 0.2) is 81.9 Å². The van der Waals surface area contributed by atoms with Crippen molar-refractivity contribution in [1.82, 2.24) is 0 Å².